The molecule has 1 saturated carbocycles. The Bertz CT molecular complexity index is 350. The monoisotopic (exact) mass is 191 g/mol. The van der Waals surface area contributed by atoms with E-state index in [1.807, 2.05) is 6.07 Å². The van der Waals surface area contributed by atoms with E-state index in [2.05, 4.69) is 4.90 Å². The summed E-state index contributed by atoms with van der Waals surface area (Å²) in [5.74, 6) is 0.744. The molecule has 2 atom stereocenters. The van der Waals surface area contributed by atoms with E-state index in [1.165, 1.54) is 25.3 Å². The van der Waals surface area contributed by atoms with Crippen molar-refractivity contribution in [3.8, 4) is 0 Å². The molecular formula is C12H14FN. The first-order valence-electron chi connectivity index (χ1n) is 5.35. The summed E-state index contributed by atoms with van der Waals surface area (Å²) in [5, 5.41) is 0. The smallest absolute Gasteiger partial charge is 0.125 e. The van der Waals surface area contributed by atoms with Crippen molar-refractivity contribution >= 4 is 5.69 Å². The molecule has 1 saturated heterocycles. The Kier molecular flexibility index (Phi) is 1.76. The molecule has 1 aliphatic heterocycles. The predicted molar refractivity (Wildman–Crippen MR) is 54.9 cm³/mol. The van der Waals surface area contributed by atoms with Crippen molar-refractivity contribution in [2.45, 2.75) is 25.3 Å². The van der Waals surface area contributed by atoms with Crippen LogP contribution in [0.4, 0.5) is 10.1 Å². The minimum atomic E-state index is -0.120. The molecule has 0 amide bonds. The van der Waals surface area contributed by atoms with Gasteiger partial charge in [0.2, 0.25) is 0 Å². The van der Waals surface area contributed by atoms with Crippen LogP contribution in [0.25, 0.3) is 0 Å². The maximum absolute atomic E-state index is 13.0. The third-order valence-corrected chi connectivity index (χ3v) is 3.55. The highest BCUT2D eigenvalue weighted by molar-refractivity contribution is 5.49. The van der Waals surface area contributed by atoms with Crippen molar-refractivity contribution in [3.05, 3.63) is 30.1 Å². The van der Waals surface area contributed by atoms with Crippen molar-refractivity contribution < 1.29 is 4.39 Å². The fraction of sp³-hybridized carbons (Fsp3) is 0.500. The van der Waals surface area contributed by atoms with Crippen LogP contribution < -0.4 is 4.90 Å². The van der Waals surface area contributed by atoms with Crippen LogP contribution in [0, 0.1) is 11.7 Å². The third-order valence-electron chi connectivity index (χ3n) is 3.55. The average Bonchev–Trinajstić information content (AvgIpc) is 2.78. The zero-order valence-corrected chi connectivity index (χ0v) is 8.12. The number of hydrogen-bond acceptors (Lipinski definition) is 1. The normalized spacial score (nSPS) is 29.9. The summed E-state index contributed by atoms with van der Waals surface area (Å²) in [4.78, 5) is 2.37. The van der Waals surface area contributed by atoms with E-state index >= 15 is 0 Å². The Balaban J connectivity index is 1.89. The summed E-state index contributed by atoms with van der Waals surface area (Å²) >= 11 is 0. The van der Waals surface area contributed by atoms with E-state index in [-0.39, 0.29) is 5.82 Å². The number of piperidine rings is 1. The van der Waals surface area contributed by atoms with Gasteiger partial charge in [-0.2, -0.15) is 0 Å². The van der Waals surface area contributed by atoms with E-state index in [0.717, 1.165) is 18.2 Å². The van der Waals surface area contributed by atoms with Gasteiger partial charge in [0.1, 0.15) is 5.82 Å². The van der Waals surface area contributed by atoms with E-state index in [9.17, 15) is 4.39 Å². The van der Waals surface area contributed by atoms with Crippen molar-refractivity contribution in [1.29, 1.82) is 0 Å². The molecule has 2 unspecified atom stereocenters. The van der Waals surface area contributed by atoms with Crippen LogP contribution in [0.5, 0.6) is 0 Å². The summed E-state index contributed by atoms with van der Waals surface area (Å²) in [5.41, 5.74) is 1.07. The van der Waals surface area contributed by atoms with Gasteiger partial charge in [-0.25, -0.2) is 4.39 Å². The second kappa shape index (κ2) is 2.97. The van der Waals surface area contributed by atoms with Crippen LogP contribution >= 0.6 is 0 Å². The molecule has 2 bridgehead atoms. The molecule has 1 aromatic rings. The van der Waals surface area contributed by atoms with Gasteiger partial charge in [0.25, 0.3) is 0 Å². The molecule has 0 aromatic heterocycles. The summed E-state index contributed by atoms with van der Waals surface area (Å²) < 4.78 is 13.0. The Labute approximate surface area is 83.5 Å². The van der Waals surface area contributed by atoms with E-state index < -0.39 is 0 Å². The molecule has 1 aromatic carbocycles. The molecule has 1 heterocycles. The molecule has 1 nitrogen and oxygen atoms in total. The zero-order chi connectivity index (χ0) is 9.54. The number of nitrogens with zero attached hydrogens (tertiary/aromatic N) is 1. The highest BCUT2D eigenvalue weighted by Crippen LogP contribution is 2.40. The lowest BCUT2D eigenvalue weighted by atomic mass is 10.1. The van der Waals surface area contributed by atoms with Crippen molar-refractivity contribution in [2.24, 2.45) is 5.92 Å². The number of benzene rings is 1. The quantitative estimate of drug-likeness (QED) is 0.659. The third kappa shape index (κ3) is 1.21. The maximum Gasteiger partial charge on any atom is 0.125 e. The van der Waals surface area contributed by atoms with E-state index in [0.29, 0.717) is 6.04 Å². The summed E-state index contributed by atoms with van der Waals surface area (Å²) in [6, 6.07) is 7.67. The molecular weight excluding hydrogens is 177 g/mol. The number of anilines is 1. The van der Waals surface area contributed by atoms with E-state index in [4.69, 9.17) is 0 Å². The van der Waals surface area contributed by atoms with Gasteiger partial charge in [-0.3, -0.25) is 0 Å². The van der Waals surface area contributed by atoms with Crippen molar-refractivity contribution in [1.82, 2.24) is 0 Å². The number of hydrogen-bond donors (Lipinski definition) is 0. The Morgan fingerprint density at radius 1 is 1.29 bits per heavy atom. The highest BCUT2D eigenvalue weighted by atomic mass is 19.1. The molecule has 2 fully saturated rings. The minimum Gasteiger partial charge on any atom is -0.368 e. The summed E-state index contributed by atoms with van der Waals surface area (Å²) in [6.45, 7) is 1.13. The van der Waals surface area contributed by atoms with E-state index in [1.54, 1.807) is 12.1 Å². The Hall–Kier alpha value is -1.05. The molecule has 14 heavy (non-hydrogen) atoms. The first-order chi connectivity index (χ1) is 6.83. The molecule has 0 radical (unpaired) electrons. The van der Waals surface area contributed by atoms with Gasteiger partial charge in [0, 0.05) is 18.3 Å². The Morgan fingerprint density at radius 2 is 2.21 bits per heavy atom. The fourth-order valence-corrected chi connectivity index (χ4v) is 2.90. The van der Waals surface area contributed by atoms with Crippen LogP contribution in [0.3, 0.4) is 0 Å². The number of halogens is 1. The second-order valence-electron chi connectivity index (χ2n) is 4.47. The SMILES string of the molecule is Fc1cccc(N2CC3CCC2C3)c1. The van der Waals surface area contributed by atoms with Crippen LogP contribution in [-0.2, 0) is 0 Å². The zero-order valence-electron chi connectivity index (χ0n) is 8.12. The van der Waals surface area contributed by atoms with Crippen LogP contribution in [-0.4, -0.2) is 12.6 Å². The molecule has 0 spiro atoms. The molecule has 2 heteroatoms. The lowest BCUT2D eigenvalue weighted by Crippen LogP contribution is -2.31. The van der Waals surface area contributed by atoms with Crippen LogP contribution in [0.15, 0.2) is 24.3 Å². The molecule has 1 aliphatic carbocycles. The first-order valence-corrected chi connectivity index (χ1v) is 5.35. The average molecular weight is 191 g/mol. The van der Waals surface area contributed by atoms with Gasteiger partial charge >= 0.3 is 0 Å². The van der Waals surface area contributed by atoms with Gasteiger partial charge in [0.15, 0.2) is 0 Å². The van der Waals surface area contributed by atoms with Gasteiger partial charge in [0.05, 0.1) is 0 Å². The first kappa shape index (κ1) is 8.27. The van der Waals surface area contributed by atoms with Gasteiger partial charge in [-0.05, 0) is 43.4 Å². The lowest BCUT2D eigenvalue weighted by molar-refractivity contribution is 0.552. The van der Waals surface area contributed by atoms with Crippen molar-refractivity contribution in [3.63, 3.8) is 0 Å². The maximum atomic E-state index is 13.0. The highest BCUT2D eigenvalue weighted by Gasteiger charge is 2.37. The molecule has 74 valence electrons. The molecule has 2 aliphatic rings. The predicted octanol–water partition coefficient (Wildman–Crippen LogP) is 2.81. The summed E-state index contributed by atoms with van der Waals surface area (Å²) in [7, 11) is 0. The van der Waals surface area contributed by atoms with Gasteiger partial charge in [-0.15, -0.1) is 0 Å². The van der Waals surface area contributed by atoms with Crippen LogP contribution in [0.2, 0.25) is 0 Å². The minimum absolute atomic E-state index is 0.120. The summed E-state index contributed by atoms with van der Waals surface area (Å²) in [6.07, 6.45) is 3.98. The number of fused-ring (bicyclic) bond motifs is 2. The molecule has 0 N–H and O–H groups in total. The largest absolute Gasteiger partial charge is 0.368 e. The van der Waals surface area contributed by atoms with Crippen LogP contribution in [0.1, 0.15) is 19.3 Å². The standard InChI is InChI=1S/C12H14FN/c13-10-2-1-3-11(7-10)14-8-9-4-5-12(14)6-9/h1-3,7,9,12H,4-6,8H2. The molecule has 3 rings (SSSR count). The Morgan fingerprint density at radius 3 is 2.86 bits per heavy atom. The van der Waals surface area contributed by atoms with Gasteiger partial charge < -0.3 is 4.90 Å². The second-order valence-corrected chi connectivity index (χ2v) is 4.47. The van der Waals surface area contributed by atoms with Crippen molar-refractivity contribution in [2.75, 3.05) is 11.4 Å². The number of rotatable bonds is 1. The lowest BCUT2D eigenvalue weighted by Gasteiger charge is -2.29. The fourth-order valence-electron chi connectivity index (χ4n) is 2.90. The van der Waals surface area contributed by atoms with Gasteiger partial charge in [-0.1, -0.05) is 6.07 Å². The topological polar surface area (TPSA) is 3.24 Å².